The molecule has 2 aromatic rings. The van der Waals surface area contributed by atoms with Gasteiger partial charge >= 0.3 is 29.6 Å². The number of unbranched alkanes of at least 4 members (excludes halogenated alkanes) is 3. The van der Waals surface area contributed by atoms with E-state index in [4.69, 9.17) is 0 Å². The van der Waals surface area contributed by atoms with E-state index in [1.807, 2.05) is 24.3 Å². The molecule has 0 amide bonds. The van der Waals surface area contributed by atoms with Crippen LogP contribution in [0.25, 0.3) is 10.8 Å². The Morgan fingerprint density at radius 1 is 1.00 bits per heavy atom. The van der Waals surface area contributed by atoms with Crippen LogP contribution in [0.15, 0.2) is 41.3 Å². The van der Waals surface area contributed by atoms with Crippen LogP contribution in [0.3, 0.4) is 0 Å². The second kappa shape index (κ2) is 8.30. The second-order valence-corrected chi connectivity index (χ2v) is 6.38. The molecular formula is C16H19NaO3S. The van der Waals surface area contributed by atoms with Crippen molar-refractivity contribution in [2.24, 2.45) is 0 Å². The molecule has 0 N–H and O–H groups in total. The normalized spacial score (nSPS) is 11.3. The van der Waals surface area contributed by atoms with Gasteiger partial charge in [-0.25, -0.2) is 8.42 Å². The van der Waals surface area contributed by atoms with Crippen LogP contribution in [0.1, 0.15) is 38.2 Å². The minimum Gasteiger partial charge on any atom is -0.744 e. The molecule has 0 heterocycles. The summed E-state index contributed by atoms with van der Waals surface area (Å²) in [6, 6.07) is 10.8. The summed E-state index contributed by atoms with van der Waals surface area (Å²) in [5, 5.41) is 1.85. The van der Waals surface area contributed by atoms with E-state index >= 15 is 0 Å². The Morgan fingerprint density at radius 3 is 2.38 bits per heavy atom. The smallest absolute Gasteiger partial charge is 0.744 e. The minimum absolute atomic E-state index is 0. The molecule has 0 atom stereocenters. The number of rotatable bonds is 6. The Kier molecular flexibility index (Phi) is 7.37. The van der Waals surface area contributed by atoms with Gasteiger partial charge in [0.15, 0.2) is 0 Å². The number of fused-ring (bicyclic) bond motifs is 1. The van der Waals surface area contributed by atoms with Crippen molar-refractivity contribution in [2.45, 2.75) is 43.9 Å². The molecule has 0 saturated heterocycles. The molecule has 0 saturated carbocycles. The molecule has 0 aliphatic rings. The summed E-state index contributed by atoms with van der Waals surface area (Å²) < 4.78 is 34.3. The molecule has 2 aromatic carbocycles. The Bertz CT molecular complexity index is 696. The quantitative estimate of drug-likeness (QED) is 0.452. The molecule has 0 aliphatic carbocycles. The van der Waals surface area contributed by atoms with Crippen LogP contribution in [0.5, 0.6) is 0 Å². The van der Waals surface area contributed by atoms with Gasteiger partial charge < -0.3 is 4.55 Å². The zero-order valence-electron chi connectivity index (χ0n) is 12.6. The molecule has 3 nitrogen and oxygen atoms in total. The van der Waals surface area contributed by atoms with E-state index in [9.17, 15) is 13.0 Å². The molecule has 5 heteroatoms. The van der Waals surface area contributed by atoms with Crippen molar-refractivity contribution in [1.29, 1.82) is 0 Å². The largest absolute Gasteiger partial charge is 1.00 e. The Labute approximate surface area is 148 Å². The number of benzene rings is 2. The number of hydrogen-bond acceptors (Lipinski definition) is 3. The second-order valence-electron chi connectivity index (χ2n) is 5.03. The Morgan fingerprint density at radius 2 is 1.71 bits per heavy atom. The average molecular weight is 314 g/mol. The molecule has 0 aliphatic heterocycles. The van der Waals surface area contributed by atoms with Crippen LogP contribution < -0.4 is 29.6 Å². The minimum atomic E-state index is -4.42. The van der Waals surface area contributed by atoms with Gasteiger partial charge in [0.2, 0.25) is 0 Å². The molecule has 21 heavy (non-hydrogen) atoms. The fraction of sp³-hybridized carbons (Fsp3) is 0.375. The monoisotopic (exact) mass is 314 g/mol. The summed E-state index contributed by atoms with van der Waals surface area (Å²) in [7, 11) is -4.42. The first-order valence-electron chi connectivity index (χ1n) is 7.00. The van der Waals surface area contributed by atoms with Gasteiger partial charge in [-0.3, -0.25) is 0 Å². The van der Waals surface area contributed by atoms with Crippen LogP contribution in [0, 0.1) is 0 Å². The van der Waals surface area contributed by atoms with E-state index in [-0.39, 0.29) is 34.5 Å². The van der Waals surface area contributed by atoms with Crippen LogP contribution >= 0.6 is 0 Å². The molecule has 2 rings (SSSR count). The van der Waals surface area contributed by atoms with Crippen molar-refractivity contribution < 1.29 is 42.5 Å². The van der Waals surface area contributed by atoms with Crippen molar-refractivity contribution in [3.05, 3.63) is 42.0 Å². The van der Waals surface area contributed by atoms with Crippen molar-refractivity contribution in [1.82, 2.24) is 0 Å². The zero-order valence-corrected chi connectivity index (χ0v) is 15.4. The first-order chi connectivity index (χ1) is 9.54. The molecule has 0 spiro atoms. The van der Waals surface area contributed by atoms with Crippen LogP contribution in [0.2, 0.25) is 0 Å². The van der Waals surface area contributed by atoms with Crippen molar-refractivity contribution in [3.63, 3.8) is 0 Å². The third-order valence-corrected chi connectivity index (χ3v) is 4.47. The summed E-state index contributed by atoms with van der Waals surface area (Å²) in [6.07, 6.45) is 4.85. The maximum absolute atomic E-state index is 11.4. The standard InChI is InChI=1S/C16H20O3S.Na/c1-2-3-4-5-10-15-14-9-7-6-8-13(14)11-12-16(15)20(17,18)19;/h6-9,11-12H,2-5,10H2,1H3,(H,17,18,19);/q;+1/p-1. The van der Waals surface area contributed by atoms with Gasteiger partial charge in [-0.2, -0.15) is 0 Å². The third kappa shape index (κ3) is 4.80. The van der Waals surface area contributed by atoms with Gasteiger partial charge in [0.1, 0.15) is 10.1 Å². The topological polar surface area (TPSA) is 57.2 Å². The van der Waals surface area contributed by atoms with Gasteiger partial charge in [0, 0.05) is 0 Å². The van der Waals surface area contributed by atoms with Gasteiger partial charge in [-0.15, -0.1) is 0 Å². The van der Waals surface area contributed by atoms with Crippen LogP contribution in [-0.2, 0) is 16.5 Å². The van der Waals surface area contributed by atoms with Crippen molar-refractivity contribution in [3.8, 4) is 0 Å². The van der Waals surface area contributed by atoms with Crippen molar-refractivity contribution >= 4 is 20.9 Å². The predicted octanol–water partition coefficient (Wildman–Crippen LogP) is 0.871. The van der Waals surface area contributed by atoms with Gasteiger partial charge in [0.05, 0.1) is 4.90 Å². The third-order valence-electron chi connectivity index (χ3n) is 3.55. The summed E-state index contributed by atoms with van der Waals surface area (Å²) in [5.41, 5.74) is 0.675. The van der Waals surface area contributed by atoms with Crippen LogP contribution in [0.4, 0.5) is 0 Å². The van der Waals surface area contributed by atoms with E-state index < -0.39 is 10.1 Å². The maximum Gasteiger partial charge on any atom is 1.00 e. The SMILES string of the molecule is CCCCCCc1c(S(=O)(=O)[O-])ccc2ccccc12.[Na+]. The summed E-state index contributed by atoms with van der Waals surface area (Å²) >= 11 is 0. The van der Waals surface area contributed by atoms with Gasteiger partial charge in [-0.1, -0.05) is 56.5 Å². The van der Waals surface area contributed by atoms with E-state index in [0.29, 0.717) is 12.0 Å². The maximum atomic E-state index is 11.4. The molecule has 0 unspecified atom stereocenters. The molecule has 0 radical (unpaired) electrons. The fourth-order valence-electron chi connectivity index (χ4n) is 2.54. The Hall–Kier alpha value is -0.390. The molecule has 0 fully saturated rings. The molecule has 108 valence electrons. The first kappa shape index (κ1) is 18.7. The number of hydrogen-bond donors (Lipinski definition) is 0. The van der Waals surface area contributed by atoms with E-state index in [0.717, 1.165) is 36.5 Å². The molecule has 0 bridgehead atoms. The van der Waals surface area contributed by atoms with Crippen molar-refractivity contribution in [2.75, 3.05) is 0 Å². The first-order valence-corrected chi connectivity index (χ1v) is 8.41. The zero-order chi connectivity index (χ0) is 14.6. The Balaban J connectivity index is 0.00000220. The summed E-state index contributed by atoms with van der Waals surface area (Å²) in [4.78, 5) is -0.0623. The van der Waals surface area contributed by atoms with Crippen LogP contribution in [-0.4, -0.2) is 13.0 Å². The summed E-state index contributed by atoms with van der Waals surface area (Å²) in [6.45, 7) is 2.13. The van der Waals surface area contributed by atoms with Gasteiger partial charge in [0.25, 0.3) is 0 Å². The van der Waals surface area contributed by atoms with E-state index in [1.165, 1.54) is 6.07 Å². The van der Waals surface area contributed by atoms with E-state index in [1.54, 1.807) is 6.07 Å². The number of aryl methyl sites for hydroxylation is 1. The van der Waals surface area contributed by atoms with Gasteiger partial charge in [-0.05, 0) is 35.2 Å². The molecular weight excluding hydrogens is 295 g/mol. The predicted molar refractivity (Wildman–Crippen MR) is 79.8 cm³/mol. The van der Waals surface area contributed by atoms with E-state index in [2.05, 4.69) is 6.92 Å². The molecule has 0 aromatic heterocycles. The summed E-state index contributed by atoms with van der Waals surface area (Å²) in [5.74, 6) is 0. The fourth-order valence-corrected chi connectivity index (χ4v) is 3.29. The average Bonchev–Trinajstić information content (AvgIpc) is 2.42.